The first-order valence-corrected chi connectivity index (χ1v) is 8.51. The Balaban J connectivity index is 1.88. The highest BCUT2D eigenvalue weighted by Crippen LogP contribution is 2.34. The lowest BCUT2D eigenvalue weighted by atomic mass is 10.1. The molecular formula is C21H21NO6. The Hall–Kier alpha value is -3.45. The summed E-state index contributed by atoms with van der Waals surface area (Å²) >= 11 is 0. The summed E-state index contributed by atoms with van der Waals surface area (Å²) in [5.41, 5.74) is 1.65. The first kappa shape index (κ1) is 19.3. The molecule has 1 heterocycles. The number of hydrogen-bond acceptors (Lipinski definition) is 6. The number of hydrogen-bond donors (Lipinski definition) is 2. The third-order valence-electron chi connectivity index (χ3n) is 4.19. The molecule has 0 bridgehead atoms. The van der Waals surface area contributed by atoms with Crippen LogP contribution in [0.15, 0.2) is 52.9 Å². The lowest BCUT2D eigenvalue weighted by Crippen LogP contribution is -2.12. The van der Waals surface area contributed by atoms with Crippen LogP contribution in [-0.4, -0.2) is 32.3 Å². The van der Waals surface area contributed by atoms with Gasteiger partial charge in [0.25, 0.3) is 5.91 Å². The van der Waals surface area contributed by atoms with Crippen LogP contribution in [0, 0.1) is 0 Å². The highest BCUT2D eigenvalue weighted by Gasteiger charge is 2.15. The topological polar surface area (TPSA) is 90.2 Å². The van der Waals surface area contributed by atoms with Crippen LogP contribution in [0.25, 0.3) is 11.3 Å². The fraction of sp³-hybridized carbons (Fsp3) is 0.190. The summed E-state index contributed by atoms with van der Waals surface area (Å²) in [5.74, 6) is 2.27. The molecule has 7 heteroatoms. The number of aliphatic hydroxyl groups excluding tert-OH is 1. The van der Waals surface area contributed by atoms with Crippen LogP contribution in [0.5, 0.6) is 17.2 Å². The van der Waals surface area contributed by atoms with Crippen molar-refractivity contribution in [1.29, 1.82) is 0 Å². The van der Waals surface area contributed by atoms with E-state index >= 15 is 0 Å². The third kappa shape index (κ3) is 3.94. The van der Waals surface area contributed by atoms with E-state index in [4.69, 9.17) is 18.6 Å². The van der Waals surface area contributed by atoms with Gasteiger partial charge in [0.1, 0.15) is 23.9 Å². The molecule has 7 nitrogen and oxygen atoms in total. The van der Waals surface area contributed by atoms with E-state index in [0.717, 1.165) is 0 Å². The predicted molar refractivity (Wildman–Crippen MR) is 104 cm³/mol. The van der Waals surface area contributed by atoms with Crippen molar-refractivity contribution in [2.45, 2.75) is 6.61 Å². The molecule has 28 heavy (non-hydrogen) atoms. The summed E-state index contributed by atoms with van der Waals surface area (Å²) in [7, 11) is 4.60. The van der Waals surface area contributed by atoms with Gasteiger partial charge in [0, 0.05) is 11.3 Å². The van der Waals surface area contributed by atoms with E-state index in [1.165, 1.54) is 14.2 Å². The standard InChI is InChI=1S/C21H21NO6/c1-25-17-8-5-14(11-16(17)18-9-6-15(12-23)28-18)22-21(24)13-4-7-19(26-2)20(10-13)27-3/h4-11,23H,12H2,1-3H3,(H,22,24). The van der Waals surface area contributed by atoms with Gasteiger partial charge in [0.2, 0.25) is 0 Å². The summed E-state index contributed by atoms with van der Waals surface area (Å²) < 4.78 is 21.4. The highest BCUT2D eigenvalue weighted by molar-refractivity contribution is 6.05. The molecule has 0 aliphatic rings. The van der Waals surface area contributed by atoms with Crippen LogP contribution in [0.4, 0.5) is 5.69 Å². The van der Waals surface area contributed by atoms with Crippen molar-refractivity contribution >= 4 is 11.6 Å². The lowest BCUT2D eigenvalue weighted by molar-refractivity contribution is 0.102. The number of aliphatic hydroxyl groups is 1. The van der Waals surface area contributed by atoms with Gasteiger partial charge in [-0.05, 0) is 48.5 Å². The molecule has 0 aliphatic heterocycles. The van der Waals surface area contributed by atoms with Crippen LogP contribution in [0.2, 0.25) is 0 Å². The Morgan fingerprint density at radius 1 is 0.929 bits per heavy atom. The van der Waals surface area contributed by atoms with E-state index in [0.29, 0.717) is 45.6 Å². The molecule has 0 aliphatic carbocycles. The molecule has 0 saturated heterocycles. The summed E-state index contributed by atoms with van der Waals surface area (Å²) in [5, 5.41) is 12.1. The van der Waals surface area contributed by atoms with Crippen molar-refractivity contribution in [2.24, 2.45) is 0 Å². The maximum Gasteiger partial charge on any atom is 0.255 e. The van der Waals surface area contributed by atoms with E-state index < -0.39 is 0 Å². The van der Waals surface area contributed by atoms with Gasteiger partial charge in [0.15, 0.2) is 11.5 Å². The summed E-state index contributed by atoms with van der Waals surface area (Å²) in [6.45, 7) is -0.196. The fourth-order valence-corrected chi connectivity index (χ4v) is 2.77. The number of carbonyl (C=O) groups is 1. The normalized spacial score (nSPS) is 10.4. The Morgan fingerprint density at radius 2 is 1.64 bits per heavy atom. The van der Waals surface area contributed by atoms with Gasteiger partial charge in [0.05, 0.1) is 26.9 Å². The Bertz CT molecular complexity index is 979. The van der Waals surface area contributed by atoms with E-state index in [1.807, 2.05) is 0 Å². The number of methoxy groups -OCH3 is 3. The molecule has 146 valence electrons. The second kappa shape index (κ2) is 8.49. The summed E-state index contributed by atoms with van der Waals surface area (Å²) in [6.07, 6.45) is 0. The molecule has 2 aromatic carbocycles. The zero-order chi connectivity index (χ0) is 20.1. The number of anilines is 1. The molecule has 3 rings (SSSR count). The van der Waals surface area contributed by atoms with Gasteiger partial charge in [-0.3, -0.25) is 4.79 Å². The van der Waals surface area contributed by atoms with Gasteiger partial charge >= 0.3 is 0 Å². The average molecular weight is 383 g/mol. The first-order chi connectivity index (χ1) is 13.6. The second-order valence-electron chi connectivity index (χ2n) is 5.86. The van der Waals surface area contributed by atoms with Crippen LogP contribution in [0.1, 0.15) is 16.1 Å². The fourth-order valence-electron chi connectivity index (χ4n) is 2.77. The number of ether oxygens (including phenoxy) is 3. The molecule has 0 saturated carbocycles. The minimum Gasteiger partial charge on any atom is -0.496 e. The molecule has 0 atom stereocenters. The van der Waals surface area contributed by atoms with Gasteiger partial charge in [-0.1, -0.05) is 0 Å². The van der Waals surface area contributed by atoms with Crippen LogP contribution < -0.4 is 19.5 Å². The van der Waals surface area contributed by atoms with Crippen molar-refractivity contribution in [1.82, 2.24) is 0 Å². The van der Waals surface area contributed by atoms with Gasteiger partial charge in [-0.25, -0.2) is 0 Å². The molecule has 3 aromatic rings. The van der Waals surface area contributed by atoms with Crippen molar-refractivity contribution in [3.63, 3.8) is 0 Å². The van der Waals surface area contributed by atoms with E-state index in [1.54, 1.807) is 55.6 Å². The molecule has 1 amide bonds. The second-order valence-corrected chi connectivity index (χ2v) is 5.86. The summed E-state index contributed by atoms with van der Waals surface area (Å²) in [6, 6.07) is 13.6. The minimum atomic E-state index is -0.299. The van der Waals surface area contributed by atoms with Gasteiger partial charge < -0.3 is 29.1 Å². The number of carbonyl (C=O) groups excluding carboxylic acids is 1. The van der Waals surface area contributed by atoms with Crippen molar-refractivity contribution in [3.05, 3.63) is 59.9 Å². The minimum absolute atomic E-state index is 0.196. The zero-order valence-corrected chi connectivity index (χ0v) is 15.8. The Kier molecular flexibility index (Phi) is 5.86. The molecular weight excluding hydrogens is 362 g/mol. The summed E-state index contributed by atoms with van der Waals surface area (Å²) in [4.78, 5) is 12.6. The molecule has 0 spiro atoms. The van der Waals surface area contributed by atoms with Crippen molar-refractivity contribution < 1.29 is 28.5 Å². The van der Waals surface area contributed by atoms with Crippen LogP contribution in [0.3, 0.4) is 0 Å². The van der Waals surface area contributed by atoms with Crippen LogP contribution in [-0.2, 0) is 6.61 Å². The van der Waals surface area contributed by atoms with E-state index in [-0.39, 0.29) is 12.5 Å². The van der Waals surface area contributed by atoms with Gasteiger partial charge in [-0.2, -0.15) is 0 Å². The number of benzene rings is 2. The van der Waals surface area contributed by atoms with Crippen molar-refractivity contribution in [3.8, 4) is 28.6 Å². The largest absolute Gasteiger partial charge is 0.496 e. The lowest BCUT2D eigenvalue weighted by Gasteiger charge is -2.12. The molecule has 0 fully saturated rings. The maximum atomic E-state index is 12.6. The van der Waals surface area contributed by atoms with E-state index in [9.17, 15) is 9.90 Å². The van der Waals surface area contributed by atoms with Gasteiger partial charge in [-0.15, -0.1) is 0 Å². The number of amides is 1. The highest BCUT2D eigenvalue weighted by atomic mass is 16.5. The Labute approximate surface area is 162 Å². The number of rotatable bonds is 7. The monoisotopic (exact) mass is 383 g/mol. The molecule has 1 aromatic heterocycles. The smallest absolute Gasteiger partial charge is 0.255 e. The van der Waals surface area contributed by atoms with Crippen molar-refractivity contribution in [2.75, 3.05) is 26.6 Å². The average Bonchev–Trinajstić information content (AvgIpc) is 3.22. The zero-order valence-electron chi connectivity index (χ0n) is 15.8. The molecule has 2 N–H and O–H groups in total. The number of nitrogens with one attached hydrogen (secondary N) is 1. The quantitative estimate of drug-likeness (QED) is 0.646. The third-order valence-corrected chi connectivity index (χ3v) is 4.19. The van der Waals surface area contributed by atoms with E-state index in [2.05, 4.69) is 5.32 Å². The maximum absolute atomic E-state index is 12.6. The first-order valence-electron chi connectivity index (χ1n) is 8.51. The predicted octanol–water partition coefficient (Wildman–Crippen LogP) is 3.72. The van der Waals surface area contributed by atoms with Crippen LogP contribution >= 0.6 is 0 Å². The SMILES string of the molecule is COc1ccc(C(=O)Nc2ccc(OC)c(-c3ccc(CO)o3)c2)cc1OC. The molecule has 0 unspecified atom stereocenters. The Morgan fingerprint density at radius 3 is 2.29 bits per heavy atom. The number of furan rings is 1. The molecule has 0 radical (unpaired) electrons.